The van der Waals surface area contributed by atoms with Crippen molar-refractivity contribution in [2.75, 3.05) is 0 Å². The van der Waals surface area contributed by atoms with Gasteiger partial charge in [-0.05, 0) is 27.9 Å². The van der Waals surface area contributed by atoms with Crippen molar-refractivity contribution in [3.63, 3.8) is 0 Å². The van der Waals surface area contributed by atoms with Crippen LogP contribution in [-0.4, -0.2) is 9.59 Å². The summed E-state index contributed by atoms with van der Waals surface area (Å²) < 4.78 is 4.13. The molecule has 1 heterocycles. The second-order valence-electron chi connectivity index (χ2n) is 6.28. The van der Waals surface area contributed by atoms with E-state index in [1.165, 1.54) is 22.3 Å². The van der Waals surface area contributed by atoms with Gasteiger partial charge in [0.15, 0.2) is 0 Å². The number of aromatic nitrogens is 2. The number of hydrogen-bond acceptors (Lipinski definition) is 4. The average molecular weight is 297 g/mol. The van der Waals surface area contributed by atoms with Crippen LogP contribution < -0.4 is 5.73 Å². The lowest BCUT2D eigenvalue weighted by Crippen LogP contribution is -2.19. The second-order valence-corrected chi connectivity index (χ2v) is 7.07. The highest BCUT2D eigenvalue weighted by atomic mass is 32.1. The number of fused-ring (bicyclic) bond motifs is 1. The minimum absolute atomic E-state index is 0.0511. The fourth-order valence-corrected chi connectivity index (χ4v) is 3.47. The van der Waals surface area contributed by atoms with E-state index in [2.05, 4.69) is 60.7 Å². The summed E-state index contributed by atoms with van der Waals surface area (Å²) in [5.41, 5.74) is 8.63. The molecule has 3 rings (SSSR count). The van der Waals surface area contributed by atoms with Gasteiger partial charge in [0.2, 0.25) is 0 Å². The highest BCUT2D eigenvalue weighted by molar-refractivity contribution is 7.05. The summed E-state index contributed by atoms with van der Waals surface area (Å²) in [7, 11) is 0. The number of hydrogen-bond donors (Lipinski definition) is 1. The summed E-state index contributed by atoms with van der Waals surface area (Å²) in [5.74, 6) is 0. The highest BCUT2D eigenvalue weighted by Gasteiger charge is 2.26. The first-order chi connectivity index (χ1) is 9.98. The molecule has 0 aliphatic carbocycles. The predicted octanol–water partition coefficient (Wildman–Crippen LogP) is 4.04. The monoisotopic (exact) mass is 297 g/mol. The van der Waals surface area contributed by atoms with Gasteiger partial charge in [0, 0.05) is 5.41 Å². The van der Waals surface area contributed by atoms with Gasteiger partial charge < -0.3 is 5.73 Å². The Morgan fingerprint density at radius 2 is 1.76 bits per heavy atom. The first-order valence-electron chi connectivity index (χ1n) is 7.04. The predicted molar refractivity (Wildman–Crippen MR) is 88.6 cm³/mol. The largest absolute Gasteiger partial charge is 0.319 e. The molecule has 1 unspecified atom stereocenters. The van der Waals surface area contributed by atoms with Crippen LogP contribution in [0.2, 0.25) is 0 Å². The van der Waals surface area contributed by atoms with E-state index in [4.69, 9.17) is 5.73 Å². The van der Waals surface area contributed by atoms with E-state index >= 15 is 0 Å². The van der Waals surface area contributed by atoms with Gasteiger partial charge in [0.25, 0.3) is 0 Å². The van der Waals surface area contributed by atoms with Gasteiger partial charge in [0.1, 0.15) is 0 Å². The zero-order valence-corrected chi connectivity index (χ0v) is 13.3. The van der Waals surface area contributed by atoms with Gasteiger partial charge in [-0.25, -0.2) is 0 Å². The quantitative estimate of drug-likeness (QED) is 0.776. The molecule has 3 aromatic rings. The number of rotatable bonds is 2. The lowest BCUT2D eigenvalue weighted by atomic mass is 9.88. The molecule has 2 N–H and O–H groups in total. The van der Waals surface area contributed by atoms with Crippen molar-refractivity contribution in [2.24, 2.45) is 5.73 Å². The zero-order chi connectivity index (χ0) is 15.0. The molecule has 0 bridgehead atoms. The van der Waals surface area contributed by atoms with Gasteiger partial charge in [-0.3, -0.25) is 0 Å². The Hall–Kier alpha value is -1.78. The van der Waals surface area contributed by atoms with Crippen LogP contribution in [0.5, 0.6) is 0 Å². The Morgan fingerprint density at radius 3 is 2.52 bits per heavy atom. The average Bonchev–Trinajstić information content (AvgIpc) is 2.95. The third kappa shape index (κ3) is 2.57. The lowest BCUT2D eigenvalue weighted by Gasteiger charge is -2.20. The van der Waals surface area contributed by atoms with Crippen molar-refractivity contribution in [2.45, 2.75) is 32.2 Å². The van der Waals surface area contributed by atoms with E-state index < -0.39 is 0 Å². The highest BCUT2D eigenvalue weighted by Crippen LogP contribution is 2.34. The fraction of sp³-hybridized carbons (Fsp3) is 0.294. The normalized spacial score (nSPS) is 13.5. The molecule has 0 amide bonds. The van der Waals surface area contributed by atoms with Gasteiger partial charge in [-0.1, -0.05) is 67.7 Å². The number of benzene rings is 2. The minimum Gasteiger partial charge on any atom is -0.319 e. The summed E-state index contributed by atoms with van der Waals surface area (Å²) in [4.78, 5) is 1.05. The molecule has 4 heteroatoms. The lowest BCUT2D eigenvalue weighted by molar-refractivity contribution is 0.557. The van der Waals surface area contributed by atoms with E-state index in [0.29, 0.717) is 0 Å². The van der Waals surface area contributed by atoms with Crippen molar-refractivity contribution in [1.82, 2.24) is 9.59 Å². The molecule has 108 valence electrons. The molecule has 21 heavy (non-hydrogen) atoms. The van der Waals surface area contributed by atoms with E-state index in [1.54, 1.807) is 0 Å². The standard InChI is InChI=1S/C17H19N3S/c1-17(2,3)16-15(21-20-19-16)14(18)13-10-6-8-11-7-4-5-9-12(11)13/h4-10,14H,18H2,1-3H3. The van der Waals surface area contributed by atoms with E-state index in [0.717, 1.165) is 16.1 Å². The molecule has 3 nitrogen and oxygen atoms in total. The maximum Gasteiger partial charge on any atom is 0.0860 e. The van der Waals surface area contributed by atoms with E-state index in [-0.39, 0.29) is 11.5 Å². The maximum atomic E-state index is 6.55. The van der Waals surface area contributed by atoms with E-state index in [1.807, 2.05) is 12.1 Å². The molecule has 1 atom stereocenters. The topological polar surface area (TPSA) is 51.8 Å². The third-order valence-electron chi connectivity index (χ3n) is 3.66. The van der Waals surface area contributed by atoms with Crippen molar-refractivity contribution >= 4 is 22.3 Å². The molecule has 0 saturated heterocycles. The van der Waals surface area contributed by atoms with Crippen LogP contribution in [-0.2, 0) is 5.41 Å². The van der Waals surface area contributed by atoms with Crippen LogP contribution in [0.4, 0.5) is 0 Å². The molecular weight excluding hydrogens is 278 g/mol. The van der Waals surface area contributed by atoms with Gasteiger partial charge in [-0.2, -0.15) is 0 Å². The van der Waals surface area contributed by atoms with Gasteiger partial charge >= 0.3 is 0 Å². The van der Waals surface area contributed by atoms with Crippen molar-refractivity contribution in [3.05, 3.63) is 58.6 Å². The smallest absolute Gasteiger partial charge is 0.0860 e. The first kappa shape index (κ1) is 14.2. The fourth-order valence-electron chi connectivity index (χ4n) is 2.58. The van der Waals surface area contributed by atoms with Crippen molar-refractivity contribution in [1.29, 1.82) is 0 Å². The Labute approximate surface area is 129 Å². The Balaban J connectivity index is 2.14. The Kier molecular flexibility index (Phi) is 3.51. The summed E-state index contributed by atoms with van der Waals surface area (Å²) in [6.45, 7) is 6.43. The molecule has 0 spiro atoms. The molecule has 0 radical (unpaired) electrons. The van der Waals surface area contributed by atoms with Crippen molar-refractivity contribution in [3.8, 4) is 0 Å². The number of nitrogens with two attached hydrogens (primary N) is 1. The first-order valence-corrected chi connectivity index (χ1v) is 7.82. The maximum absolute atomic E-state index is 6.55. The SMILES string of the molecule is CC(C)(C)c1nnsc1C(N)c1cccc2ccccc12. The van der Waals surface area contributed by atoms with Gasteiger partial charge in [-0.15, -0.1) is 5.10 Å². The molecule has 0 aliphatic rings. The second kappa shape index (κ2) is 5.20. The van der Waals surface area contributed by atoms with Crippen LogP contribution >= 0.6 is 11.5 Å². The van der Waals surface area contributed by atoms with Crippen molar-refractivity contribution < 1.29 is 0 Å². The van der Waals surface area contributed by atoms with Crippen LogP contribution in [0.1, 0.15) is 42.9 Å². The molecule has 1 aromatic heterocycles. The van der Waals surface area contributed by atoms with E-state index in [9.17, 15) is 0 Å². The van der Waals surface area contributed by atoms with Gasteiger partial charge in [0.05, 0.1) is 16.6 Å². The summed E-state index contributed by atoms with van der Waals surface area (Å²) in [5, 5.41) is 6.71. The zero-order valence-electron chi connectivity index (χ0n) is 12.5. The van der Waals surface area contributed by atoms with Crippen LogP contribution in [0.3, 0.4) is 0 Å². The molecule has 2 aromatic carbocycles. The molecule has 0 aliphatic heterocycles. The summed E-state index contributed by atoms with van der Waals surface area (Å²) in [6.07, 6.45) is 0. The Morgan fingerprint density at radius 1 is 1.05 bits per heavy atom. The molecule has 0 saturated carbocycles. The number of nitrogens with zero attached hydrogens (tertiary/aromatic N) is 2. The Bertz CT molecular complexity index is 766. The molecular formula is C17H19N3S. The third-order valence-corrected chi connectivity index (χ3v) is 4.47. The summed E-state index contributed by atoms with van der Waals surface area (Å²) in [6, 6.07) is 14.4. The van der Waals surface area contributed by atoms with Crippen LogP contribution in [0.15, 0.2) is 42.5 Å². The summed E-state index contributed by atoms with van der Waals surface area (Å²) >= 11 is 1.40. The van der Waals surface area contributed by atoms with Crippen LogP contribution in [0.25, 0.3) is 10.8 Å². The minimum atomic E-state index is -0.190. The van der Waals surface area contributed by atoms with Crippen LogP contribution in [0, 0.1) is 0 Å². The molecule has 0 fully saturated rings.